The summed E-state index contributed by atoms with van der Waals surface area (Å²) in [6.45, 7) is 3.72. The van der Waals surface area contributed by atoms with Crippen LogP contribution in [0.2, 0.25) is 0 Å². The molecule has 0 radical (unpaired) electrons. The molecule has 0 saturated carbocycles. The van der Waals surface area contributed by atoms with E-state index in [0.29, 0.717) is 5.82 Å². The van der Waals surface area contributed by atoms with Crippen LogP contribution in [0.25, 0.3) is 0 Å². The number of hydrogen-bond donors (Lipinski definition) is 2. The first-order valence-electron chi connectivity index (χ1n) is 5.80. The van der Waals surface area contributed by atoms with Crippen molar-refractivity contribution < 1.29 is 4.79 Å². The van der Waals surface area contributed by atoms with Crippen LogP contribution in [0, 0.1) is 12.8 Å². The SMILES string of the molecule is Cc1cc(Br)cnc1NC(=O)[C@@H]1CCCNC1. The first-order chi connectivity index (χ1) is 8.16. The Morgan fingerprint density at radius 3 is 3.12 bits per heavy atom. The second-order valence-electron chi connectivity index (χ2n) is 4.35. The number of carbonyl (C=O) groups is 1. The number of halogens is 1. The first kappa shape index (κ1) is 12.5. The number of nitrogens with zero attached hydrogens (tertiary/aromatic N) is 1. The summed E-state index contributed by atoms with van der Waals surface area (Å²) in [5.74, 6) is 0.785. The first-order valence-corrected chi connectivity index (χ1v) is 6.60. The molecule has 1 amide bonds. The smallest absolute Gasteiger partial charge is 0.229 e. The monoisotopic (exact) mass is 297 g/mol. The molecule has 0 aliphatic carbocycles. The van der Waals surface area contributed by atoms with Gasteiger partial charge in [0.05, 0.1) is 5.92 Å². The van der Waals surface area contributed by atoms with Crippen molar-refractivity contribution in [2.75, 3.05) is 18.4 Å². The maximum absolute atomic E-state index is 12.0. The molecule has 1 aromatic rings. The topological polar surface area (TPSA) is 54.0 Å². The van der Waals surface area contributed by atoms with Gasteiger partial charge in [-0.3, -0.25) is 4.79 Å². The fourth-order valence-corrected chi connectivity index (χ4v) is 2.41. The average Bonchev–Trinajstić information content (AvgIpc) is 2.34. The van der Waals surface area contributed by atoms with E-state index in [-0.39, 0.29) is 11.8 Å². The largest absolute Gasteiger partial charge is 0.316 e. The van der Waals surface area contributed by atoms with Crippen molar-refractivity contribution in [3.63, 3.8) is 0 Å². The van der Waals surface area contributed by atoms with Crippen molar-refractivity contribution in [1.82, 2.24) is 10.3 Å². The fraction of sp³-hybridized carbons (Fsp3) is 0.500. The fourth-order valence-electron chi connectivity index (χ4n) is 1.97. The third kappa shape index (κ3) is 3.26. The average molecular weight is 298 g/mol. The molecule has 5 heteroatoms. The molecule has 0 aromatic carbocycles. The van der Waals surface area contributed by atoms with E-state index in [1.807, 2.05) is 13.0 Å². The summed E-state index contributed by atoms with van der Waals surface area (Å²) in [7, 11) is 0. The zero-order chi connectivity index (χ0) is 12.3. The number of nitrogens with one attached hydrogen (secondary N) is 2. The van der Waals surface area contributed by atoms with Crippen LogP contribution in [-0.2, 0) is 4.79 Å². The molecule has 1 fully saturated rings. The highest BCUT2D eigenvalue weighted by Crippen LogP contribution is 2.18. The predicted molar refractivity (Wildman–Crippen MR) is 70.9 cm³/mol. The Hall–Kier alpha value is -0.940. The van der Waals surface area contributed by atoms with Crippen LogP contribution in [0.5, 0.6) is 0 Å². The predicted octanol–water partition coefficient (Wildman–Crippen LogP) is 2.09. The van der Waals surface area contributed by atoms with Crippen LogP contribution < -0.4 is 10.6 Å². The minimum atomic E-state index is 0.0635. The highest BCUT2D eigenvalue weighted by molar-refractivity contribution is 9.10. The van der Waals surface area contributed by atoms with E-state index in [2.05, 4.69) is 31.5 Å². The molecule has 92 valence electrons. The number of hydrogen-bond acceptors (Lipinski definition) is 3. The van der Waals surface area contributed by atoms with Gasteiger partial charge in [-0.2, -0.15) is 0 Å². The molecule has 2 rings (SSSR count). The Morgan fingerprint density at radius 2 is 2.47 bits per heavy atom. The number of piperidine rings is 1. The quantitative estimate of drug-likeness (QED) is 0.879. The van der Waals surface area contributed by atoms with Crippen LogP contribution in [0.4, 0.5) is 5.82 Å². The van der Waals surface area contributed by atoms with Crippen LogP contribution in [-0.4, -0.2) is 24.0 Å². The Labute approximate surface area is 109 Å². The van der Waals surface area contributed by atoms with E-state index < -0.39 is 0 Å². The second kappa shape index (κ2) is 5.60. The summed E-state index contributed by atoms with van der Waals surface area (Å²) in [5.41, 5.74) is 0.969. The van der Waals surface area contributed by atoms with Crippen molar-refractivity contribution in [2.24, 2.45) is 5.92 Å². The molecule has 17 heavy (non-hydrogen) atoms. The molecule has 4 nitrogen and oxygen atoms in total. The molecular formula is C12H16BrN3O. The summed E-state index contributed by atoms with van der Waals surface area (Å²) in [6.07, 6.45) is 3.71. The van der Waals surface area contributed by atoms with Gasteiger partial charge in [-0.05, 0) is 53.9 Å². The maximum Gasteiger partial charge on any atom is 0.229 e. The lowest BCUT2D eigenvalue weighted by molar-refractivity contribution is -0.120. The molecule has 1 aromatic heterocycles. The van der Waals surface area contributed by atoms with E-state index >= 15 is 0 Å². The number of amides is 1. The van der Waals surface area contributed by atoms with Gasteiger partial charge >= 0.3 is 0 Å². The molecule has 0 bridgehead atoms. The number of rotatable bonds is 2. The van der Waals surface area contributed by atoms with Crippen molar-refractivity contribution >= 4 is 27.7 Å². The van der Waals surface area contributed by atoms with Crippen LogP contribution in [0.1, 0.15) is 18.4 Å². The van der Waals surface area contributed by atoms with Gasteiger partial charge in [0.15, 0.2) is 0 Å². The van der Waals surface area contributed by atoms with Crippen molar-refractivity contribution in [1.29, 1.82) is 0 Å². The molecule has 1 aliphatic rings. The van der Waals surface area contributed by atoms with E-state index in [1.165, 1.54) is 0 Å². The Kier molecular flexibility index (Phi) is 4.12. The summed E-state index contributed by atoms with van der Waals surface area (Å²) < 4.78 is 0.923. The molecule has 1 aliphatic heterocycles. The highest BCUT2D eigenvalue weighted by atomic mass is 79.9. The minimum absolute atomic E-state index is 0.0635. The second-order valence-corrected chi connectivity index (χ2v) is 5.27. The van der Waals surface area contributed by atoms with Gasteiger partial charge in [-0.25, -0.2) is 4.98 Å². The third-order valence-corrected chi connectivity index (χ3v) is 3.39. The van der Waals surface area contributed by atoms with E-state index in [0.717, 1.165) is 36.0 Å². The molecular weight excluding hydrogens is 282 g/mol. The Bertz CT molecular complexity index is 416. The normalized spacial score (nSPS) is 20.0. The van der Waals surface area contributed by atoms with Crippen LogP contribution in [0.3, 0.4) is 0 Å². The van der Waals surface area contributed by atoms with Gasteiger partial charge in [0.25, 0.3) is 0 Å². The minimum Gasteiger partial charge on any atom is -0.316 e. The standard InChI is InChI=1S/C12H16BrN3O/c1-8-5-10(13)7-15-11(8)16-12(17)9-3-2-4-14-6-9/h5,7,9,14H,2-4,6H2,1H3,(H,15,16,17)/t9-/m1/s1. The lowest BCUT2D eigenvalue weighted by Gasteiger charge is -2.22. The van der Waals surface area contributed by atoms with E-state index in [1.54, 1.807) is 6.20 Å². The molecule has 2 heterocycles. The summed E-state index contributed by atoms with van der Waals surface area (Å²) >= 11 is 3.35. The number of carbonyl (C=O) groups excluding carboxylic acids is 1. The number of anilines is 1. The van der Waals surface area contributed by atoms with Gasteiger partial charge < -0.3 is 10.6 Å². The van der Waals surface area contributed by atoms with Gasteiger partial charge in [0, 0.05) is 17.2 Å². The summed E-state index contributed by atoms with van der Waals surface area (Å²) in [5, 5.41) is 6.13. The molecule has 0 spiro atoms. The van der Waals surface area contributed by atoms with Crippen molar-refractivity contribution in [2.45, 2.75) is 19.8 Å². The number of aryl methyl sites for hydroxylation is 1. The third-order valence-electron chi connectivity index (χ3n) is 2.95. The van der Waals surface area contributed by atoms with Crippen LogP contribution in [0.15, 0.2) is 16.7 Å². The lowest BCUT2D eigenvalue weighted by Crippen LogP contribution is -2.37. The van der Waals surface area contributed by atoms with Crippen molar-refractivity contribution in [3.05, 3.63) is 22.3 Å². The molecule has 1 saturated heterocycles. The molecule has 2 N–H and O–H groups in total. The number of pyridine rings is 1. The summed E-state index contributed by atoms with van der Waals surface area (Å²) in [6, 6.07) is 1.95. The van der Waals surface area contributed by atoms with Crippen molar-refractivity contribution in [3.8, 4) is 0 Å². The Morgan fingerprint density at radius 1 is 1.65 bits per heavy atom. The molecule has 1 atom stereocenters. The maximum atomic E-state index is 12.0. The molecule has 0 unspecified atom stereocenters. The van der Waals surface area contributed by atoms with E-state index in [4.69, 9.17) is 0 Å². The van der Waals surface area contributed by atoms with Crippen LogP contribution >= 0.6 is 15.9 Å². The highest BCUT2D eigenvalue weighted by Gasteiger charge is 2.21. The summed E-state index contributed by atoms with van der Waals surface area (Å²) in [4.78, 5) is 16.2. The van der Waals surface area contributed by atoms with Gasteiger partial charge in [-0.15, -0.1) is 0 Å². The zero-order valence-corrected chi connectivity index (χ0v) is 11.4. The van der Waals surface area contributed by atoms with Gasteiger partial charge in [0.2, 0.25) is 5.91 Å². The Balaban J connectivity index is 2.02. The zero-order valence-electron chi connectivity index (χ0n) is 9.79. The van der Waals surface area contributed by atoms with E-state index in [9.17, 15) is 4.79 Å². The number of aromatic nitrogens is 1. The van der Waals surface area contributed by atoms with Gasteiger partial charge in [-0.1, -0.05) is 0 Å². The lowest BCUT2D eigenvalue weighted by atomic mass is 9.99. The van der Waals surface area contributed by atoms with Gasteiger partial charge in [0.1, 0.15) is 5.82 Å².